The van der Waals surface area contributed by atoms with Crippen molar-refractivity contribution in [2.45, 2.75) is 23.3 Å². The number of likely N-dealkylation sites (N-methyl/N-ethyl adjacent to an activating group) is 2. The van der Waals surface area contributed by atoms with Crippen LogP contribution in [-0.2, 0) is 4.74 Å². The third kappa shape index (κ3) is 0.233. The molecule has 4 atom stereocenters. The number of ether oxygens (including phenoxy) is 1. The first-order valence-electron chi connectivity index (χ1n) is 4.76. The van der Waals surface area contributed by atoms with Gasteiger partial charge in [-0.1, -0.05) is 0 Å². The molecule has 4 rings (SSSR count). The van der Waals surface area contributed by atoms with Crippen LogP contribution in [0, 0.1) is 0 Å². The summed E-state index contributed by atoms with van der Waals surface area (Å²) in [7, 11) is 9.36. The lowest BCUT2D eigenvalue weighted by atomic mass is 9.78. The van der Waals surface area contributed by atoms with Crippen LogP contribution in [-0.4, -0.2) is 67.1 Å². The maximum atomic E-state index is 5.84. The van der Waals surface area contributed by atoms with Gasteiger partial charge in [0.25, 0.3) is 5.54 Å². The average molecular weight is 168 g/mol. The summed E-state index contributed by atoms with van der Waals surface area (Å²) in [6, 6.07) is 1.74. The highest BCUT2D eigenvalue weighted by atomic mass is 16.6. The molecule has 3 saturated heterocycles. The Kier molecular flexibility index (Phi) is 0.553. The van der Waals surface area contributed by atoms with Gasteiger partial charge in [-0.05, 0) is 0 Å². The molecule has 1 saturated carbocycles. The second-order valence-corrected chi connectivity index (χ2v) is 5.88. The van der Waals surface area contributed by atoms with Crippen molar-refractivity contribution in [2.24, 2.45) is 0 Å². The van der Waals surface area contributed by atoms with E-state index >= 15 is 0 Å². The van der Waals surface area contributed by atoms with Gasteiger partial charge < -0.3 is 4.74 Å². The number of likely N-dealkylation sites (tertiary alicyclic amines) is 2. The predicted octanol–water partition coefficient (Wildman–Crippen LogP) is -0.617. The van der Waals surface area contributed by atoms with Crippen molar-refractivity contribution in [1.82, 2.24) is 0 Å². The summed E-state index contributed by atoms with van der Waals surface area (Å²) in [5.74, 6) is 0. The maximum absolute atomic E-state index is 5.84. The molecule has 12 heavy (non-hydrogen) atoms. The molecule has 0 aromatic heterocycles. The Morgan fingerprint density at radius 1 is 1.17 bits per heavy atom. The number of hydrogen-bond acceptors (Lipinski definition) is 1. The van der Waals surface area contributed by atoms with E-state index in [2.05, 4.69) is 28.2 Å². The van der Waals surface area contributed by atoms with Crippen LogP contribution in [0.5, 0.6) is 0 Å². The zero-order valence-corrected chi connectivity index (χ0v) is 8.16. The number of rotatable bonds is 0. The summed E-state index contributed by atoms with van der Waals surface area (Å²) in [6.07, 6.45) is 0. The van der Waals surface area contributed by atoms with Crippen LogP contribution in [0.3, 0.4) is 0 Å². The second-order valence-electron chi connectivity index (χ2n) is 5.88. The first-order valence-corrected chi connectivity index (χ1v) is 4.76. The monoisotopic (exact) mass is 168 g/mol. The summed E-state index contributed by atoms with van der Waals surface area (Å²) in [5, 5.41) is 0. The van der Waals surface area contributed by atoms with Gasteiger partial charge in [-0.2, -0.15) is 0 Å². The molecule has 66 valence electrons. The van der Waals surface area contributed by atoms with Gasteiger partial charge >= 0.3 is 5.72 Å². The lowest BCUT2D eigenvalue weighted by Gasteiger charge is -2.25. The molecule has 0 spiro atoms. The van der Waals surface area contributed by atoms with Gasteiger partial charge in [-0.3, -0.25) is 8.97 Å². The van der Waals surface area contributed by atoms with E-state index in [-0.39, 0.29) is 5.72 Å². The minimum atomic E-state index is 0.279. The molecular formula is C9H16N2O+2. The molecule has 0 bridgehead atoms. The van der Waals surface area contributed by atoms with Crippen LogP contribution in [0.25, 0.3) is 0 Å². The second kappa shape index (κ2) is 1.04. The molecule has 0 radical (unpaired) electrons. The van der Waals surface area contributed by atoms with Gasteiger partial charge in [0.05, 0.1) is 28.2 Å². The molecule has 4 aliphatic rings. The summed E-state index contributed by atoms with van der Waals surface area (Å²) >= 11 is 0. The molecule has 0 N–H and O–H groups in total. The SMILES string of the molecule is C[N+]1(C)C2C1C13OCC21[N+]3(C)C. The molecule has 3 heterocycles. The topological polar surface area (TPSA) is 9.23 Å². The first-order chi connectivity index (χ1) is 5.45. The van der Waals surface area contributed by atoms with Crippen LogP contribution < -0.4 is 0 Å². The number of hydrogen-bond donors (Lipinski definition) is 0. The molecule has 4 fully saturated rings. The summed E-state index contributed by atoms with van der Waals surface area (Å²) in [4.78, 5) is 0. The van der Waals surface area contributed by atoms with Gasteiger partial charge in [0, 0.05) is 0 Å². The number of nitrogens with zero attached hydrogens (tertiary/aromatic N) is 2. The zero-order valence-electron chi connectivity index (χ0n) is 8.16. The molecule has 3 aliphatic heterocycles. The smallest absolute Gasteiger partial charge is 0.309 e. The normalized spacial score (nSPS) is 71.0. The van der Waals surface area contributed by atoms with E-state index in [1.54, 1.807) is 0 Å². The maximum Gasteiger partial charge on any atom is 0.328 e. The Labute approximate surface area is 72.7 Å². The van der Waals surface area contributed by atoms with Crippen molar-refractivity contribution in [1.29, 1.82) is 0 Å². The van der Waals surface area contributed by atoms with Crippen molar-refractivity contribution in [3.63, 3.8) is 0 Å². The largest absolute Gasteiger partial charge is 0.328 e. The fourth-order valence-electron chi connectivity index (χ4n) is 4.80. The summed E-state index contributed by atoms with van der Waals surface area (Å²) < 4.78 is 8.22. The van der Waals surface area contributed by atoms with Gasteiger partial charge in [0.1, 0.15) is 6.61 Å². The summed E-state index contributed by atoms with van der Waals surface area (Å²) in [5.41, 5.74) is 0.836. The third-order valence-corrected chi connectivity index (χ3v) is 5.44. The van der Waals surface area contributed by atoms with Gasteiger partial charge in [-0.15, -0.1) is 0 Å². The molecule has 0 aromatic rings. The highest BCUT2D eigenvalue weighted by Gasteiger charge is 3.22. The molecule has 3 nitrogen and oxygen atoms in total. The molecule has 1 aliphatic carbocycles. The lowest BCUT2D eigenvalue weighted by Crippen LogP contribution is -2.60. The Morgan fingerprint density at radius 2 is 1.83 bits per heavy atom. The minimum absolute atomic E-state index is 0.279. The third-order valence-electron chi connectivity index (χ3n) is 5.44. The fourth-order valence-corrected chi connectivity index (χ4v) is 4.80. The summed E-state index contributed by atoms with van der Waals surface area (Å²) in [6.45, 7) is 1.02. The molecule has 4 unspecified atom stereocenters. The molecule has 0 amide bonds. The van der Waals surface area contributed by atoms with Crippen molar-refractivity contribution in [3.8, 4) is 0 Å². The van der Waals surface area contributed by atoms with Crippen LogP contribution in [0.2, 0.25) is 0 Å². The quantitative estimate of drug-likeness (QED) is 0.346. The Hall–Kier alpha value is -0.120. The standard InChI is InChI=1S/C9H16N2O/c1-10(2)6-7(10)9-8(6,5-12-9)11(9,3)4/h6-7H,5H2,1-4H3/q+2. The number of fused-ring (bicyclic) bond motifs is 1. The van der Waals surface area contributed by atoms with E-state index in [9.17, 15) is 0 Å². The number of piperazine rings is 1. The Bertz CT molecular complexity index is 296. The fraction of sp³-hybridized carbons (Fsp3) is 1.00. The minimum Gasteiger partial charge on any atom is -0.309 e. The van der Waals surface area contributed by atoms with E-state index in [4.69, 9.17) is 4.74 Å². The van der Waals surface area contributed by atoms with Gasteiger partial charge in [0.2, 0.25) is 12.1 Å². The number of quaternary nitrogens is 2. The van der Waals surface area contributed by atoms with Crippen molar-refractivity contribution < 1.29 is 13.7 Å². The highest BCUT2D eigenvalue weighted by molar-refractivity contribution is 5.43. The average Bonchev–Trinajstić information content (AvgIpc) is 2.47. The molecule has 0 aromatic carbocycles. The zero-order chi connectivity index (χ0) is 8.57. The van der Waals surface area contributed by atoms with E-state index in [0.717, 1.165) is 23.2 Å². The van der Waals surface area contributed by atoms with Crippen LogP contribution in [0.1, 0.15) is 0 Å². The molecular weight excluding hydrogens is 152 g/mol. The Balaban J connectivity index is 1.89. The lowest BCUT2D eigenvalue weighted by molar-refractivity contribution is -0.872. The van der Waals surface area contributed by atoms with Crippen LogP contribution >= 0.6 is 0 Å². The predicted molar refractivity (Wildman–Crippen MR) is 43.2 cm³/mol. The van der Waals surface area contributed by atoms with Crippen LogP contribution in [0.4, 0.5) is 0 Å². The van der Waals surface area contributed by atoms with E-state index in [1.807, 2.05) is 0 Å². The van der Waals surface area contributed by atoms with E-state index in [0.29, 0.717) is 5.54 Å². The van der Waals surface area contributed by atoms with Gasteiger partial charge in [-0.25, -0.2) is 0 Å². The van der Waals surface area contributed by atoms with Crippen LogP contribution in [0.15, 0.2) is 0 Å². The van der Waals surface area contributed by atoms with E-state index in [1.165, 1.54) is 4.48 Å². The van der Waals surface area contributed by atoms with E-state index < -0.39 is 0 Å². The van der Waals surface area contributed by atoms with Crippen molar-refractivity contribution in [2.75, 3.05) is 34.8 Å². The van der Waals surface area contributed by atoms with Crippen molar-refractivity contribution >= 4 is 0 Å². The highest BCUT2D eigenvalue weighted by Crippen LogP contribution is 2.87. The Morgan fingerprint density at radius 3 is 2.08 bits per heavy atom. The van der Waals surface area contributed by atoms with Crippen molar-refractivity contribution in [3.05, 3.63) is 0 Å². The first kappa shape index (κ1) is 6.35. The molecule has 3 heteroatoms. The van der Waals surface area contributed by atoms with Gasteiger partial charge in [0.15, 0.2) is 0 Å².